The molecule has 0 atom stereocenters. The number of rotatable bonds is 4. The van der Waals surface area contributed by atoms with Crippen LogP contribution in [0.4, 0.5) is 0 Å². The standard InChI is InChI=1S/C13H16N2/c1-3-12(9-14)10-15-11(2)13-7-5-4-6-8-13/h4-10,14H,3H2,1-2H3/b12-10-,14-9?,15-11+. The predicted molar refractivity (Wildman–Crippen MR) is 65.8 cm³/mol. The summed E-state index contributed by atoms with van der Waals surface area (Å²) in [6.07, 6.45) is 3.95. The number of nitrogens with one attached hydrogen (secondary N) is 1. The third-order valence-corrected chi connectivity index (χ3v) is 2.21. The number of nitrogens with zero attached hydrogens (tertiary/aromatic N) is 1. The summed E-state index contributed by atoms with van der Waals surface area (Å²) in [4.78, 5) is 4.34. The lowest BCUT2D eigenvalue weighted by Crippen LogP contribution is -1.92. The minimum absolute atomic E-state index is 0.842. The predicted octanol–water partition coefficient (Wildman–Crippen LogP) is 3.44. The minimum Gasteiger partial charge on any atom is -0.308 e. The first kappa shape index (κ1) is 11.4. The van der Waals surface area contributed by atoms with E-state index >= 15 is 0 Å². The second-order valence-corrected chi connectivity index (χ2v) is 3.28. The van der Waals surface area contributed by atoms with Gasteiger partial charge < -0.3 is 5.41 Å². The molecule has 0 aliphatic heterocycles. The van der Waals surface area contributed by atoms with E-state index in [2.05, 4.69) is 4.99 Å². The van der Waals surface area contributed by atoms with Crippen molar-refractivity contribution in [3.05, 3.63) is 47.7 Å². The summed E-state index contributed by atoms with van der Waals surface area (Å²) in [7, 11) is 0. The van der Waals surface area contributed by atoms with Gasteiger partial charge in [-0.1, -0.05) is 37.3 Å². The molecule has 0 amide bonds. The van der Waals surface area contributed by atoms with Crippen molar-refractivity contribution in [2.45, 2.75) is 20.3 Å². The second kappa shape index (κ2) is 5.91. The Kier molecular flexibility index (Phi) is 4.48. The lowest BCUT2D eigenvalue weighted by molar-refractivity contribution is 1.16. The van der Waals surface area contributed by atoms with Crippen molar-refractivity contribution in [3.8, 4) is 0 Å². The zero-order valence-electron chi connectivity index (χ0n) is 9.20. The van der Waals surface area contributed by atoms with Gasteiger partial charge in [-0.3, -0.25) is 4.99 Å². The Hall–Kier alpha value is -1.70. The Labute approximate surface area is 90.9 Å². The van der Waals surface area contributed by atoms with E-state index < -0.39 is 0 Å². The van der Waals surface area contributed by atoms with E-state index in [1.807, 2.05) is 44.2 Å². The first-order chi connectivity index (χ1) is 7.27. The van der Waals surface area contributed by atoms with E-state index in [0.29, 0.717) is 0 Å². The first-order valence-corrected chi connectivity index (χ1v) is 5.07. The maximum Gasteiger partial charge on any atom is 0.0445 e. The van der Waals surface area contributed by atoms with Crippen LogP contribution in [0.25, 0.3) is 0 Å². The number of benzene rings is 1. The van der Waals surface area contributed by atoms with Crippen molar-refractivity contribution in [2.75, 3.05) is 0 Å². The Morgan fingerprint density at radius 3 is 2.53 bits per heavy atom. The molecule has 0 saturated heterocycles. The molecular weight excluding hydrogens is 184 g/mol. The summed E-state index contributed by atoms with van der Waals surface area (Å²) < 4.78 is 0. The molecule has 0 saturated carbocycles. The van der Waals surface area contributed by atoms with Crippen molar-refractivity contribution in [1.82, 2.24) is 0 Å². The molecule has 1 rings (SSSR count). The van der Waals surface area contributed by atoms with E-state index in [1.165, 1.54) is 6.21 Å². The average molecular weight is 200 g/mol. The first-order valence-electron chi connectivity index (χ1n) is 5.07. The zero-order chi connectivity index (χ0) is 11.1. The number of hydrogen-bond acceptors (Lipinski definition) is 2. The molecule has 15 heavy (non-hydrogen) atoms. The van der Waals surface area contributed by atoms with Gasteiger partial charge in [0.05, 0.1) is 0 Å². The summed E-state index contributed by atoms with van der Waals surface area (Å²) in [6, 6.07) is 10.0. The van der Waals surface area contributed by atoms with Crippen LogP contribution in [0.15, 0.2) is 47.1 Å². The van der Waals surface area contributed by atoms with Crippen LogP contribution in [-0.2, 0) is 0 Å². The molecule has 0 aliphatic carbocycles. The molecule has 0 radical (unpaired) electrons. The third-order valence-electron chi connectivity index (χ3n) is 2.21. The van der Waals surface area contributed by atoms with Gasteiger partial charge in [0.1, 0.15) is 0 Å². The molecule has 0 fully saturated rings. The molecule has 0 unspecified atom stereocenters. The van der Waals surface area contributed by atoms with Gasteiger partial charge in [0.25, 0.3) is 0 Å². The summed E-state index contributed by atoms with van der Waals surface area (Å²) in [5.74, 6) is 0. The molecule has 0 heterocycles. The second-order valence-electron chi connectivity index (χ2n) is 3.28. The summed E-state index contributed by atoms with van der Waals surface area (Å²) >= 11 is 0. The van der Waals surface area contributed by atoms with E-state index in [4.69, 9.17) is 5.41 Å². The van der Waals surface area contributed by atoms with Crippen molar-refractivity contribution in [3.63, 3.8) is 0 Å². The highest BCUT2D eigenvalue weighted by molar-refractivity contribution is 5.99. The largest absolute Gasteiger partial charge is 0.308 e. The van der Waals surface area contributed by atoms with Crippen molar-refractivity contribution >= 4 is 11.9 Å². The van der Waals surface area contributed by atoms with Crippen LogP contribution >= 0.6 is 0 Å². The Morgan fingerprint density at radius 1 is 1.33 bits per heavy atom. The van der Waals surface area contributed by atoms with Gasteiger partial charge in [-0.25, -0.2) is 0 Å². The Bertz CT molecular complexity index is 375. The number of hydrogen-bond donors (Lipinski definition) is 1. The van der Waals surface area contributed by atoms with Crippen molar-refractivity contribution in [1.29, 1.82) is 5.41 Å². The molecule has 0 bridgehead atoms. The van der Waals surface area contributed by atoms with Crippen LogP contribution in [0, 0.1) is 5.41 Å². The normalized spacial score (nSPS) is 12.7. The highest BCUT2D eigenvalue weighted by atomic mass is 14.7. The highest BCUT2D eigenvalue weighted by Gasteiger charge is 1.93. The van der Waals surface area contributed by atoms with Gasteiger partial charge in [-0.15, -0.1) is 0 Å². The fraction of sp³-hybridized carbons (Fsp3) is 0.231. The van der Waals surface area contributed by atoms with Crippen molar-refractivity contribution < 1.29 is 0 Å². The molecule has 1 N–H and O–H groups in total. The van der Waals surface area contributed by atoms with Crippen LogP contribution in [0.5, 0.6) is 0 Å². The maximum absolute atomic E-state index is 7.15. The molecule has 0 aliphatic rings. The molecule has 0 aromatic heterocycles. The summed E-state index contributed by atoms with van der Waals surface area (Å²) in [5.41, 5.74) is 3.03. The Balaban J connectivity index is 2.85. The molecule has 2 heteroatoms. The van der Waals surface area contributed by atoms with E-state index in [0.717, 1.165) is 23.3 Å². The topological polar surface area (TPSA) is 36.2 Å². The number of allylic oxidation sites excluding steroid dienone is 1. The molecule has 2 nitrogen and oxygen atoms in total. The lowest BCUT2D eigenvalue weighted by atomic mass is 10.1. The lowest BCUT2D eigenvalue weighted by Gasteiger charge is -1.98. The van der Waals surface area contributed by atoms with Crippen LogP contribution in [0.2, 0.25) is 0 Å². The minimum atomic E-state index is 0.842. The fourth-order valence-corrected chi connectivity index (χ4v) is 1.16. The Morgan fingerprint density at radius 2 is 2.00 bits per heavy atom. The van der Waals surface area contributed by atoms with Gasteiger partial charge in [-0.2, -0.15) is 0 Å². The third kappa shape index (κ3) is 3.50. The summed E-state index contributed by atoms with van der Waals surface area (Å²) in [6.45, 7) is 3.99. The summed E-state index contributed by atoms with van der Waals surface area (Å²) in [5, 5.41) is 7.15. The molecule has 78 valence electrons. The van der Waals surface area contributed by atoms with E-state index in [-0.39, 0.29) is 0 Å². The van der Waals surface area contributed by atoms with Crippen LogP contribution in [0.3, 0.4) is 0 Å². The van der Waals surface area contributed by atoms with Gasteiger partial charge in [-0.05, 0) is 24.5 Å². The van der Waals surface area contributed by atoms with Gasteiger partial charge in [0.15, 0.2) is 0 Å². The van der Waals surface area contributed by atoms with Gasteiger partial charge in [0, 0.05) is 18.1 Å². The highest BCUT2D eigenvalue weighted by Crippen LogP contribution is 2.03. The van der Waals surface area contributed by atoms with Crippen LogP contribution < -0.4 is 0 Å². The number of aliphatic imine (C=N–C) groups is 1. The fourth-order valence-electron chi connectivity index (χ4n) is 1.16. The molecule has 1 aromatic rings. The maximum atomic E-state index is 7.15. The average Bonchev–Trinajstić information content (AvgIpc) is 2.31. The molecule has 1 aromatic carbocycles. The zero-order valence-corrected chi connectivity index (χ0v) is 9.20. The van der Waals surface area contributed by atoms with Crippen molar-refractivity contribution in [2.24, 2.45) is 4.99 Å². The van der Waals surface area contributed by atoms with Crippen LogP contribution in [0.1, 0.15) is 25.8 Å². The smallest absolute Gasteiger partial charge is 0.0445 e. The van der Waals surface area contributed by atoms with Gasteiger partial charge in [0.2, 0.25) is 0 Å². The van der Waals surface area contributed by atoms with E-state index in [1.54, 1.807) is 6.20 Å². The molecular formula is C13H16N2. The van der Waals surface area contributed by atoms with Crippen LogP contribution in [-0.4, -0.2) is 11.9 Å². The quantitative estimate of drug-likeness (QED) is 0.723. The monoisotopic (exact) mass is 200 g/mol. The SMILES string of the molecule is CC/C(C=N)=C/N=C(\C)c1ccccc1. The van der Waals surface area contributed by atoms with Gasteiger partial charge >= 0.3 is 0 Å². The molecule has 0 spiro atoms. The van der Waals surface area contributed by atoms with E-state index in [9.17, 15) is 0 Å².